The van der Waals surface area contributed by atoms with Crippen molar-refractivity contribution < 1.29 is 24.0 Å². The number of carboxylic acid groups (broad SMARTS) is 1. The van der Waals surface area contributed by atoms with E-state index in [4.69, 9.17) is 37.4 Å². The summed E-state index contributed by atoms with van der Waals surface area (Å²) >= 11 is 14.5. The van der Waals surface area contributed by atoms with E-state index in [1.165, 1.54) is 0 Å². The summed E-state index contributed by atoms with van der Waals surface area (Å²) in [7, 11) is 0. The Labute approximate surface area is 255 Å². The number of aromatic nitrogens is 2. The molecule has 0 spiro atoms. The van der Waals surface area contributed by atoms with Crippen molar-refractivity contribution in [3.63, 3.8) is 0 Å². The van der Waals surface area contributed by atoms with Gasteiger partial charge in [-0.1, -0.05) is 45.8 Å². The molecule has 2 aromatic heterocycles. The van der Waals surface area contributed by atoms with Crippen molar-refractivity contribution in [2.75, 3.05) is 4.90 Å². The van der Waals surface area contributed by atoms with Gasteiger partial charge in [0.15, 0.2) is 10.9 Å². The summed E-state index contributed by atoms with van der Waals surface area (Å²) in [6.07, 6.45) is 7.15. The molecular weight excluding hydrogens is 597 g/mol. The van der Waals surface area contributed by atoms with Gasteiger partial charge in [0.05, 0.1) is 25.8 Å². The SMILES string of the molecule is O=C(O)c1cc(C2CC2)c2nc(N3C4CCC3CC(OC(=O)c3c(-c5c(Cl)cccc5Cl)noc3C3CC3)C4)sc2c1. The smallest absolute Gasteiger partial charge is 0.344 e. The number of benzene rings is 2. The number of rotatable bonds is 7. The predicted molar refractivity (Wildman–Crippen MR) is 160 cm³/mol. The Bertz CT molecular complexity index is 1730. The van der Waals surface area contributed by atoms with Crippen LogP contribution in [0.5, 0.6) is 0 Å². The average molecular weight is 625 g/mol. The molecule has 4 fully saturated rings. The molecule has 42 heavy (non-hydrogen) atoms. The van der Waals surface area contributed by atoms with Crippen molar-refractivity contribution in [1.29, 1.82) is 0 Å². The number of ether oxygens (including phenoxy) is 1. The van der Waals surface area contributed by atoms with Crippen molar-refractivity contribution in [2.24, 2.45) is 0 Å². The third-order valence-corrected chi connectivity index (χ3v) is 10.7. The van der Waals surface area contributed by atoms with Crippen molar-refractivity contribution in [3.8, 4) is 11.3 Å². The van der Waals surface area contributed by atoms with Crippen LogP contribution in [0.1, 0.15) is 95.2 Å². The lowest BCUT2D eigenvalue weighted by Crippen LogP contribution is -2.46. The monoisotopic (exact) mass is 623 g/mol. The molecule has 2 aliphatic carbocycles. The van der Waals surface area contributed by atoms with Crippen LogP contribution in [-0.2, 0) is 4.74 Å². The first-order valence-electron chi connectivity index (χ1n) is 14.5. The van der Waals surface area contributed by atoms with Crippen LogP contribution < -0.4 is 4.90 Å². The van der Waals surface area contributed by atoms with Crippen molar-refractivity contribution >= 4 is 61.8 Å². The van der Waals surface area contributed by atoms with Crippen LogP contribution >= 0.6 is 34.5 Å². The Hall–Kier alpha value is -3.14. The van der Waals surface area contributed by atoms with Crippen LogP contribution in [-0.4, -0.2) is 45.4 Å². The predicted octanol–water partition coefficient (Wildman–Crippen LogP) is 8.07. The highest BCUT2D eigenvalue weighted by Gasteiger charge is 2.45. The molecule has 4 aromatic rings. The number of fused-ring (bicyclic) bond motifs is 3. The molecule has 8 nitrogen and oxygen atoms in total. The third kappa shape index (κ3) is 4.48. The molecule has 0 amide bonds. The summed E-state index contributed by atoms with van der Waals surface area (Å²) in [5, 5.41) is 15.6. The summed E-state index contributed by atoms with van der Waals surface area (Å²) < 4.78 is 12.8. The maximum absolute atomic E-state index is 13.8. The van der Waals surface area contributed by atoms with Crippen LogP contribution in [0.4, 0.5) is 5.13 Å². The number of anilines is 1. The molecule has 1 N–H and O–H groups in total. The Balaban J connectivity index is 1.06. The van der Waals surface area contributed by atoms with Gasteiger partial charge >= 0.3 is 11.9 Å². The number of thiazole rings is 1. The van der Waals surface area contributed by atoms with Gasteiger partial charge in [-0.25, -0.2) is 14.6 Å². The maximum atomic E-state index is 13.8. The minimum atomic E-state index is -0.908. The number of carboxylic acids is 1. The second-order valence-electron chi connectivity index (χ2n) is 11.9. The van der Waals surface area contributed by atoms with Gasteiger partial charge in [0.2, 0.25) is 0 Å². The van der Waals surface area contributed by atoms with E-state index in [9.17, 15) is 14.7 Å². The second-order valence-corrected chi connectivity index (χ2v) is 13.7. The molecule has 11 heteroatoms. The number of esters is 1. The maximum Gasteiger partial charge on any atom is 0.344 e. The van der Waals surface area contributed by atoms with Crippen molar-refractivity contribution in [1.82, 2.24) is 10.1 Å². The fourth-order valence-corrected chi connectivity index (χ4v) is 8.51. The normalized spacial score (nSPS) is 23.5. The van der Waals surface area contributed by atoms with Crippen LogP contribution in [0.25, 0.3) is 21.5 Å². The molecule has 0 radical (unpaired) electrons. The van der Waals surface area contributed by atoms with E-state index >= 15 is 0 Å². The molecule has 4 heterocycles. The van der Waals surface area contributed by atoms with E-state index in [0.29, 0.717) is 56.9 Å². The van der Waals surface area contributed by atoms with Gasteiger partial charge in [-0.05, 0) is 74.3 Å². The molecule has 2 bridgehead atoms. The molecule has 216 valence electrons. The Kier molecular flexibility index (Phi) is 6.28. The molecule has 8 rings (SSSR count). The number of aromatic carboxylic acids is 1. The first-order valence-corrected chi connectivity index (χ1v) is 16.0. The lowest BCUT2D eigenvalue weighted by atomic mass is 9.99. The van der Waals surface area contributed by atoms with E-state index in [2.05, 4.69) is 10.1 Å². The van der Waals surface area contributed by atoms with Crippen molar-refractivity contribution in [2.45, 2.75) is 81.4 Å². The first-order chi connectivity index (χ1) is 20.4. The standard InChI is InChI=1S/C31H27Cl2N3O5S/c32-21-2-1-3-22(33)24(21)27-25(28(41-35-27)15-6-7-15)30(39)40-19-12-17-8-9-18(13-19)36(17)31-34-26-20(14-4-5-14)10-16(29(37)38)11-23(26)42-31/h1-3,10-11,14-15,17-19H,4-9,12-13H2,(H,37,38). The van der Waals surface area contributed by atoms with E-state index < -0.39 is 11.9 Å². The second kappa shape index (κ2) is 9.96. The summed E-state index contributed by atoms with van der Waals surface area (Å²) in [6, 6.07) is 9.11. The number of hydrogen-bond acceptors (Lipinski definition) is 8. The quantitative estimate of drug-likeness (QED) is 0.206. The minimum absolute atomic E-state index is 0.147. The Morgan fingerprint density at radius 1 is 1.00 bits per heavy atom. The topological polar surface area (TPSA) is 106 Å². The number of piperidine rings is 1. The highest BCUT2D eigenvalue weighted by Crippen LogP contribution is 2.49. The molecule has 2 atom stereocenters. The molecular formula is C31H27Cl2N3O5S. The van der Waals surface area contributed by atoms with Gasteiger partial charge in [0.25, 0.3) is 0 Å². The number of carbonyl (C=O) groups excluding carboxylic acids is 1. The fourth-order valence-electron chi connectivity index (χ4n) is 6.75. The number of halogens is 2. The molecule has 2 saturated heterocycles. The zero-order valence-electron chi connectivity index (χ0n) is 22.5. The third-order valence-electron chi connectivity index (χ3n) is 9.03. The van der Waals surface area contributed by atoms with Crippen LogP contribution in [0.3, 0.4) is 0 Å². The molecule has 2 unspecified atom stereocenters. The van der Waals surface area contributed by atoms with E-state index in [0.717, 1.165) is 59.4 Å². The molecule has 4 aliphatic rings. The minimum Gasteiger partial charge on any atom is -0.478 e. The highest BCUT2D eigenvalue weighted by atomic mass is 35.5. The Morgan fingerprint density at radius 2 is 1.69 bits per heavy atom. The van der Waals surface area contributed by atoms with Gasteiger partial charge in [-0.3, -0.25) is 0 Å². The van der Waals surface area contributed by atoms with E-state index in [1.54, 1.807) is 41.7 Å². The lowest BCUT2D eigenvalue weighted by molar-refractivity contribution is 0.0202. The molecule has 2 saturated carbocycles. The van der Waals surface area contributed by atoms with Gasteiger partial charge in [-0.2, -0.15) is 0 Å². The number of nitrogens with zero attached hydrogens (tertiary/aromatic N) is 3. The number of carbonyl (C=O) groups is 2. The van der Waals surface area contributed by atoms with Crippen LogP contribution in [0.15, 0.2) is 34.9 Å². The zero-order chi connectivity index (χ0) is 28.7. The van der Waals surface area contributed by atoms with Gasteiger partial charge < -0.3 is 19.3 Å². The average Bonchev–Trinajstić information content (AvgIpc) is 3.88. The van der Waals surface area contributed by atoms with Crippen molar-refractivity contribution in [3.05, 3.63) is 62.8 Å². The lowest BCUT2D eigenvalue weighted by Gasteiger charge is -2.38. The first kappa shape index (κ1) is 26.5. The summed E-state index contributed by atoms with van der Waals surface area (Å²) in [5.74, 6) is -0.263. The summed E-state index contributed by atoms with van der Waals surface area (Å²) in [4.78, 5) is 33.0. The van der Waals surface area contributed by atoms with Gasteiger partial charge in [0.1, 0.15) is 17.4 Å². The zero-order valence-corrected chi connectivity index (χ0v) is 24.8. The van der Waals surface area contributed by atoms with Gasteiger partial charge in [-0.15, -0.1) is 0 Å². The number of hydrogen-bond donors (Lipinski definition) is 1. The summed E-state index contributed by atoms with van der Waals surface area (Å²) in [6.45, 7) is 0. The largest absolute Gasteiger partial charge is 0.478 e. The van der Waals surface area contributed by atoms with Crippen LogP contribution in [0.2, 0.25) is 10.0 Å². The molecule has 2 aliphatic heterocycles. The Morgan fingerprint density at radius 3 is 2.33 bits per heavy atom. The highest BCUT2D eigenvalue weighted by molar-refractivity contribution is 7.22. The van der Waals surface area contributed by atoms with E-state index in [1.807, 2.05) is 0 Å². The van der Waals surface area contributed by atoms with E-state index in [-0.39, 0.29) is 24.1 Å². The fraction of sp³-hybridized carbons (Fsp3) is 0.419. The molecule has 2 aromatic carbocycles. The van der Waals surface area contributed by atoms with Crippen LogP contribution in [0, 0.1) is 0 Å². The summed E-state index contributed by atoms with van der Waals surface area (Å²) in [5.41, 5.74) is 3.45. The van der Waals surface area contributed by atoms with Gasteiger partial charge in [0, 0.05) is 36.4 Å².